The third kappa shape index (κ3) is 7.54. The van der Waals surface area contributed by atoms with Crippen molar-refractivity contribution >= 4 is 5.97 Å². The lowest BCUT2D eigenvalue weighted by molar-refractivity contribution is -0.302. The van der Waals surface area contributed by atoms with Crippen LogP contribution in [0.25, 0.3) is 0 Å². The molecule has 1 aromatic heterocycles. The van der Waals surface area contributed by atoms with Crippen LogP contribution in [-0.4, -0.2) is 21.0 Å². The van der Waals surface area contributed by atoms with Gasteiger partial charge in [0.25, 0.3) is 5.56 Å². The summed E-state index contributed by atoms with van der Waals surface area (Å²) in [5, 5.41) is 17.9. The Balaban J connectivity index is 0.000000487. The number of carboxylic acids is 1. The number of aromatic nitrogens is 2. The minimum absolute atomic E-state index is 0.204. The standard InChI is InChI=1S/C8H12N2O2.C2H4O2/c1-2-3-4-6-9-7(11)5-8(12)10-6;1-2(3)4/h5H,2-4H2,1H3,(H2,9,10,11,12);1H3,(H,3,4)/p-1. The minimum atomic E-state index is -1.08. The molecule has 0 aliphatic carbocycles. The van der Waals surface area contributed by atoms with E-state index < -0.39 is 5.97 Å². The summed E-state index contributed by atoms with van der Waals surface area (Å²) < 4.78 is 0. The smallest absolute Gasteiger partial charge is 0.254 e. The first-order chi connectivity index (χ1) is 7.45. The number of hydrogen-bond acceptors (Lipinski definition) is 5. The highest BCUT2D eigenvalue weighted by atomic mass is 16.4. The third-order valence-corrected chi connectivity index (χ3v) is 1.54. The van der Waals surface area contributed by atoms with E-state index in [1.807, 2.05) is 0 Å². The monoisotopic (exact) mass is 227 g/mol. The van der Waals surface area contributed by atoms with Gasteiger partial charge in [-0.3, -0.25) is 4.79 Å². The SMILES string of the molecule is CC(=O)[O-].CCCCc1nc(O)cc(=O)[nH]1. The van der Waals surface area contributed by atoms with Crippen LogP contribution in [0, 0.1) is 0 Å². The van der Waals surface area contributed by atoms with Crippen molar-refractivity contribution in [1.82, 2.24) is 9.97 Å². The van der Waals surface area contributed by atoms with Gasteiger partial charge in [-0.15, -0.1) is 0 Å². The zero-order valence-corrected chi connectivity index (χ0v) is 9.32. The normalized spacial score (nSPS) is 9.12. The lowest BCUT2D eigenvalue weighted by Gasteiger charge is -1.98. The molecule has 0 unspecified atom stereocenters. The molecule has 6 nitrogen and oxygen atoms in total. The fraction of sp³-hybridized carbons (Fsp3) is 0.500. The van der Waals surface area contributed by atoms with E-state index in [4.69, 9.17) is 15.0 Å². The minimum Gasteiger partial charge on any atom is -0.550 e. The maximum atomic E-state index is 10.8. The molecule has 0 aliphatic rings. The van der Waals surface area contributed by atoms with Gasteiger partial charge in [-0.2, -0.15) is 0 Å². The van der Waals surface area contributed by atoms with Gasteiger partial charge in [0, 0.05) is 12.4 Å². The average molecular weight is 227 g/mol. The Morgan fingerprint density at radius 2 is 2.19 bits per heavy atom. The van der Waals surface area contributed by atoms with Crippen LogP contribution in [0.15, 0.2) is 10.9 Å². The molecule has 1 rings (SSSR count). The van der Waals surface area contributed by atoms with E-state index in [1.54, 1.807) is 0 Å². The molecular weight excluding hydrogens is 212 g/mol. The molecule has 0 amide bonds. The second-order valence-corrected chi connectivity index (χ2v) is 3.15. The molecule has 0 radical (unpaired) electrons. The predicted octanol–water partition coefficient (Wildman–Crippen LogP) is -0.426. The first-order valence-corrected chi connectivity index (χ1v) is 4.92. The van der Waals surface area contributed by atoms with Gasteiger partial charge in [0.2, 0.25) is 5.88 Å². The summed E-state index contributed by atoms with van der Waals surface area (Å²) in [6.45, 7) is 3.03. The molecule has 0 bridgehead atoms. The number of unbranched alkanes of at least 4 members (excludes halogenated alkanes) is 1. The number of aryl methyl sites for hydroxylation is 1. The summed E-state index contributed by atoms with van der Waals surface area (Å²) in [6, 6.07) is 1.06. The number of aliphatic carboxylic acids is 1. The number of carboxylic acid groups (broad SMARTS) is 1. The van der Waals surface area contributed by atoms with Crippen molar-refractivity contribution in [3.63, 3.8) is 0 Å². The van der Waals surface area contributed by atoms with E-state index in [-0.39, 0.29) is 11.4 Å². The van der Waals surface area contributed by atoms with Crippen molar-refractivity contribution in [2.24, 2.45) is 0 Å². The van der Waals surface area contributed by atoms with Crippen LogP contribution in [0.2, 0.25) is 0 Å². The predicted molar refractivity (Wildman–Crippen MR) is 55.8 cm³/mol. The van der Waals surface area contributed by atoms with E-state index in [9.17, 15) is 4.79 Å². The van der Waals surface area contributed by atoms with Crippen molar-refractivity contribution < 1.29 is 15.0 Å². The Labute approximate surface area is 93.0 Å². The Morgan fingerprint density at radius 1 is 1.62 bits per heavy atom. The highest BCUT2D eigenvalue weighted by Crippen LogP contribution is 2.01. The highest BCUT2D eigenvalue weighted by Gasteiger charge is 1.97. The molecule has 0 spiro atoms. The zero-order chi connectivity index (χ0) is 12.6. The summed E-state index contributed by atoms with van der Waals surface area (Å²) in [6.07, 6.45) is 2.71. The topological polar surface area (TPSA) is 106 Å². The molecule has 0 saturated heterocycles. The molecule has 2 N–H and O–H groups in total. The first kappa shape index (κ1) is 14.2. The number of aromatic amines is 1. The molecule has 1 heterocycles. The number of nitrogens with one attached hydrogen (secondary N) is 1. The van der Waals surface area contributed by atoms with Crippen molar-refractivity contribution in [3.05, 3.63) is 22.2 Å². The molecule has 0 fully saturated rings. The number of aromatic hydroxyl groups is 1. The first-order valence-electron chi connectivity index (χ1n) is 4.92. The van der Waals surface area contributed by atoms with E-state index in [0.29, 0.717) is 12.2 Å². The maximum absolute atomic E-state index is 10.8. The summed E-state index contributed by atoms with van der Waals surface area (Å²) in [5.41, 5.74) is -0.298. The van der Waals surface area contributed by atoms with E-state index in [0.717, 1.165) is 25.8 Å². The largest absolute Gasteiger partial charge is 0.550 e. The molecule has 0 saturated carbocycles. The second kappa shape index (κ2) is 7.44. The number of carbonyl (C=O) groups is 1. The Kier molecular flexibility index (Phi) is 6.58. The van der Waals surface area contributed by atoms with Crippen molar-refractivity contribution in [1.29, 1.82) is 0 Å². The molecule has 0 atom stereocenters. The molecule has 0 aliphatic heterocycles. The number of hydrogen-bond donors (Lipinski definition) is 2. The molecular formula is C10H15N2O4-. The summed E-state index contributed by atoms with van der Waals surface area (Å²) in [7, 11) is 0. The van der Waals surface area contributed by atoms with Crippen LogP contribution in [0.3, 0.4) is 0 Å². The zero-order valence-electron chi connectivity index (χ0n) is 9.32. The van der Waals surface area contributed by atoms with Crippen LogP contribution < -0.4 is 10.7 Å². The van der Waals surface area contributed by atoms with E-state index >= 15 is 0 Å². The second-order valence-electron chi connectivity index (χ2n) is 3.15. The van der Waals surface area contributed by atoms with Gasteiger partial charge >= 0.3 is 0 Å². The summed E-state index contributed by atoms with van der Waals surface area (Å²) in [5.74, 6) is -0.730. The van der Waals surface area contributed by atoms with Crippen LogP contribution in [0.4, 0.5) is 0 Å². The fourth-order valence-electron chi connectivity index (χ4n) is 0.957. The third-order valence-electron chi connectivity index (χ3n) is 1.54. The average Bonchev–Trinajstić information content (AvgIpc) is 2.12. The Morgan fingerprint density at radius 3 is 2.62 bits per heavy atom. The van der Waals surface area contributed by atoms with Gasteiger partial charge in [0.1, 0.15) is 5.82 Å². The van der Waals surface area contributed by atoms with Gasteiger partial charge in [-0.05, 0) is 13.3 Å². The molecule has 16 heavy (non-hydrogen) atoms. The fourth-order valence-corrected chi connectivity index (χ4v) is 0.957. The molecule has 0 aromatic carbocycles. The number of H-pyrrole nitrogens is 1. The summed E-state index contributed by atoms with van der Waals surface area (Å²) >= 11 is 0. The lowest BCUT2D eigenvalue weighted by atomic mass is 10.2. The quantitative estimate of drug-likeness (QED) is 0.729. The molecule has 6 heteroatoms. The van der Waals surface area contributed by atoms with Crippen LogP contribution >= 0.6 is 0 Å². The van der Waals surface area contributed by atoms with Gasteiger partial charge < -0.3 is 20.0 Å². The maximum Gasteiger partial charge on any atom is 0.254 e. The van der Waals surface area contributed by atoms with Gasteiger partial charge in [-0.25, -0.2) is 4.98 Å². The van der Waals surface area contributed by atoms with Gasteiger partial charge in [-0.1, -0.05) is 13.3 Å². The number of nitrogens with zero attached hydrogens (tertiary/aromatic N) is 1. The Hall–Kier alpha value is -1.85. The van der Waals surface area contributed by atoms with Crippen molar-refractivity contribution in [3.8, 4) is 5.88 Å². The van der Waals surface area contributed by atoms with Gasteiger partial charge in [0.05, 0.1) is 6.07 Å². The van der Waals surface area contributed by atoms with Crippen LogP contribution in [-0.2, 0) is 11.2 Å². The Bertz CT molecular complexity index is 383. The van der Waals surface area contributed by atoms with Crippen molar-refractivity contribution in [2.45, 2.75) is 33.1 Å². The van der Waals surface area contributed by atoms with Crippen LogP contribution in [0.5, 0.6) is 5.88 Å². The lowest BCUT2D eigenvalue weighted by Crippen LogP contribution is -2.16. The van der Waals surface area contributed by atoms with Crippen molar-refractivity contribution in [2.75, 3.05) is 0 Å². The van der Waals surface area contributed by atoms with Crippen LogP contribution in [0.1, 0.15) is 32.5 Å². The number of rotatable bonds is 3. The molecule has 1 aromatic rings. The van der Waals surface area contributed by atoms with E-state index in [2.05, 4.69) is 16.9 Å². The molecule has 90 valence electrons. The number of carbonyl (C=O) groups excluding carboxylic acids is 1. The highest BCUT2D eigenvalue weighted by molar-refractivity contribution is 5.60. The van der Waals surface area contributed by atoms with Gasteiger partial charge in [0.15, 0.2) is 0 Å². The summed E-state index contributed by atoms with van der Waals surface area (Å²) in [4.78, 5) is 26.0. The van der Waals surface area contributed by atoms with E-state index in [1.165, 1.54) is 0 Å².